The van der Waals surface area contributed by atoms with E-state index in [1.807, 2.05) is 0 Å². The van der Waals surface area contributed by atoms with Gasteiger partial charge < -0.3 is 10.2 Å². The minimum atomic E-state index is 0.546. The number of aryl methyl sites for hydroxylation is 1. The van der Waals surface area contributed by atoms with Crippen molar-refractivity contribution in [3.05, 3.63) is 23.8 Å². The highest BCUT2D eigenvalue weighted by Gasteiger charge is 2.19. The second-order valence-corrected chi connectivity index (χ2v) is 4.10. The zero-order chi connectivity index (χ0) is 10.1. The van der Waals surface area contributed by atoms with Crippen molar-refractivity contribution in [2.45, 2.75) is 26.8 Å². The Kier molecular flexibility index (Phi) is 2.36. The molecule has 0 saturated carbocycles. The summed E-state index contributed by atoms with van der Waals surface area (Å²) in [6, 6.07) is 7.16. The summed E-state index contributed by atoms with van der Waals surface area (Å²) >= 11 is 0. The lowest BCUT2D eigenvalue weighted by Crippen LogP contribution is -2.39. The van der Waals surface area contributed by atoms with E-state index in [0.717, 1.165) is 13.1 Å². The lowest BCUT2D eigenvalue weighted by Gasteiger charge is -2.35. The molecule has 0 fully saturated rings. The number of likely N-dealkylation sites (N-methyl/N-ethyl adjacent to an activating group) is 1. The minimum Gasteiger partial charge on any atom is -0.379 e. The molecule has 1 N–H and O–H groups in total. The van der Waals surface area contributed by atoms with Gasteiger partial charge in [-0.25, -0.2) is 0 Å². The van der Waals surface area contributed by atoms with Gasteiger partial charge in [0, 0.05) is 19.1 Å². The molecule has 14 heavy (non-hydrogen) atoms. The van der Waals surface area contributed by atoms with Gasteiger partial charge in [-0.2, -0.15) is 0 Å². The molecule has 0 saturated heterocycles. The van der Waals surface area contributed by atoms with Crippen LogP contribution in [0.3, 0.4) is 0 Å². The largest absolute Gasteiger partial charge is 0.379 e. The Morgan fingerprint density at radius 2 is 2.29 bits per heavy atom. The average Bonchev–Trinajstić information content (AvgIpc) is 2.17. The maximum Gasteiger partial charge on any atom is 0.0605 e. The monoisotopic (exact) mass is 190 g/mol. The molecule has 76 valence electrons. The Bertz CT molecular complexity index is 333. The molecule has 0 amide bonds. The van der Waals surface area contributed by atoms with Gasteiger partial charge >= 0.3 is 0 Å². The Morgan fingerprint density at radius 3 is 3.00 bits per heavy atom. The number of nitrogens with zero attached hydrogens (tertiary/aromatic N) is 1. The number of anilines is 2. The van der Waals surface area contributed by atoms with E-state index in [1.54, 1.807) is 0 Å². The molecule has 0 bridgehead atoms. The lowest BCUT2D eigenvalue weighted by atomic mass is 10.1. The van der Waals surface area contributed by atoms with Gasteiger partial charge in [0.25, 0.3) is 0 Å². The molecule has 0 spiro atoms. The van der Waals surface area contributed by atoms with Gasteiger partial charge in [0.15, 0.2) is 0 Å². The molecule has 2 nitrogen and oxygen atoms in total. The zero-order valence-corrected chi connectivity index (χ0v) is 9.17. The van der Waals surface area contributed by atoms with Crippen LogP contribution in [0.1, 0.15) is 19.4 Å². The Labute approximate surface area is 85.9 Å². The molecule has 1 heterocycles. The molecular formula is C12H18N2. The van der Waals surface area contributed by atoms with Crippen LogP contribution >= 0.6 is 0 Å². The van der Waals surface area contributed by atoms with E-state index in [1.165, 1.54) is 16.9 Å². The van der Waals surface area contributed by atoms with E-state index < -0.39 is 0 Å². The Hall–Kier alpha value is -1.18. The summed E-state index contributed by atoms with van der Waals surface area (Å²) in [5.41, 5.74) is 3.96. The number of hydrogen-bond acceptors (Lipinski definition) is 2. The number of fused-ring (bicyclic) bond motifs is 1. The summed E-state index contributed by atoms with van der Waals surface area (Å²) in [6.07, 6.45) is 0. The summed E-state index contributed by atoms with van der Waals surface area (Å²) in [7, 11) is 0. The van der Waals surface area contributed by atoms with E-state index in [0.29, 0.717) is 6.04 Å². The smallest absolute Gasteiger partial charge is 0.0605 e. The Morgan fingerprint density at radius 1 is 1.50 bits per heavy atom. The molecule has 0 aromatic heterocycles. The zero-order valence-electron chi connectivity index (χ0n) is 9.17. The van der Waals surface area contributed by atoms with E-state index in [2.05, 4.69) is 49.2 Å². The third-order valence-corrected chi connectivity index (χ3v) is 2.77. The highest BCUT2D eigenvalue weighted by atomic mass is 15.2. The van der Waals surface area contributed by atoms with Crippen molar-refractivity contribution in [3.8, 4) is 0 Å². The maximum atomic E-state index is 3.51. The highest BCUT2D eigenvalue weighted by molar-refractivity contribution is 5.73. The molecule has 2 rings (SSSR count). The van der Waals surface area contributed by atoms with Gasteiger partial charge in [-0.15, -0.1) is 0 Å². The second kappa shape index (κ2) is 3.52. The van der Waals surface area contributed by atoms with Crippen LogP contribution in [-0.4, -0.2) is 19.1 Å². The van der Waals surface area contributed by atoms with Crippen molar-refractivity contribution in [2.75, 3.05) is 23.3 Å². The van der Waals surface area contributed by atoms with Crippen molar-refractivity contribution >= 4 is 11.4 Å². The fourth-order valence-electron chi connectivity index (χ4n) is 2.06. The van der Waals surface area contributed by atoms with Crippen LogP contribution in [0.5, 0.6) is 0 Å². The second-order valence-electron chi connectivity index (χ2n) is 4.10. The molecular weight excluding hydrogens is 172 g/mol. The number of rotatable bonds is 1. The molecule has 1 unspecified atom stereocenters. The molecule has 1 aromatic carbocycles. The molecule has 1 aromatic rings. The van der Waals surface area contributed by atoms with Crippen LogP contribution in [0.15, 0.2) is 18.2 Å². The van der Waals surface area contributed by atoms with Gasteiger partial charge in [0.2, 0.25) is 0 Å². The van der Waals surface area contributed by atoms with Gasteiger partial charge in [0.05, 0.1) is 11.4 Å². The first-order valence-corrected chi connectivity index (χ1v) is 5.33. The SMILES string of the molecule is CCN1CC(C)Nc2ccc(C)cc21. The predicted molar refractivity (Wildman–Crippen MR) is 62.2 cm³/mol. The van der Waals surface area contributed by atoms with E-state index in [-0.39, 0.29) is 0 Å². The van der Waals surface area contributed by atoms with Gasteiger partial charge in [-0.3, -0.25) is 0 Å². The van der Waals surface area contributed by atoms with Crippen LogP contribution in [0.2, 0.25) is 0 Å². The van der Waals surface area contributed by atoms with Crippen LogP contribution in [-0.2, 0) is 0 Å². The van der Waals surface area contributed by atoms with Gasteiger partial charge in [0.1, 0.15) is 0 Å². The summed E-state index contributed by atoms with van der Waals surface area (Å²) in [5.74, 6) is 0. The van der Waals surface area contributed by atoms with E-state index in [9.17, 15) is 0 Å². The van der Waals surface area contributed by atoms with Crippen LogP contribution < -0.4 is 10.2 Å². The summed E-state index contributed by atoms with van der Waals surface area (Å²) in [5, 5.41) is 3.51. The van der Waals surface area contributed by atoms with Crippen LogP contribution in [0.25, 0.3) is 0 Å². The van der Waals surface area contributed by atoms with Crippen molar-refractivity contribution < 1.29 is 0 Å². The van der Waals surface area contributed by atoms with Crippen molar-refractivity contribution in [3.63, 3.8) is 0 Å². The number of benzene rings is 1. The van der Waals surface area contributed by atoms with Gasteiger partial charge in [-0.1, -0.05) is 6.07 Å². The summed E-state index contributed by atoms with van der Waals surface area (Å²) < 4.78 is 0. The third kappa shape index (κ3) is 1.57. The summed E-state index contributed by atoms with van der Waals surface area (Å²) in [6.45, 7) is 8.77. The van der Waals surface area contributed by atoms with Gasteiger partial charge in [-0.05, 0) is 38.5 Å². The molecule has 1 atom stereocenters. The molecule has 2 heteroatoms. The fraction of sp³-hybridized carbons (Fsp3) is 0.500. The first kappa shape index (κ1) is 9.38. The average molecular weight is 190 g/mol. The fourth-order valence-corrected chi connectivity index (χ4v) is 2.06. The molecule has 0 radical (unpaired) electrons. The van der Waals surface area contributed by atoms with Crippen molar-refractivity contribution in [2.24, 2.45) is 0 Å². The lowest BCUT2D eigenvalue weighted by molar-refractivity contribution is 0.703. The van der Waals surface area contributed by atoms with Crippen LogP contribution in [0, 0.1) is 6.92 Å². The van der Waals surface area contributed by atoms with Crippen molar-refractivity contribution in [1.29, 1.82) is 0 Å². The quantitative estimate of drug-likeness (QED) is 0.732. The predicted octanol–water partition coefficient (Wildman–Crippen LogP) is 2.64. The van der Waals surface area contributed by atoms with E-state index >= 15 is 0 Å². The summed E-state index contributed by atoms with van der Waals surface area (Å²) in [4.78, 5) is 2.43. The normalized spacial score (nSPS) is 20.2. The number of hydrogen-bond donors (Lipinski definition) is 1. The first-order chi connectivity index (χ1) is 6.70. The standard InChI is InChI=1S/C12H18N2/c1-4-14-8-10(3)13-11-6-5-9(2)7-12(11)14/h5-7,10,13H,4,8H2,1-3H3. The van der Waals surface area contributed by atoms with Crippen LogP contribution in [0.4, 0.5) is 11.4 Å². The highest BCUT2D eigenvalue weighted by Crippen LogP contribution is 2.31. The topological polar surface area (TPSA) is 15.3 Å². The first-order valence-electron chi connectivity index (χ1n) is 5.33. The maximum absolute atomic E-state index is 3.51. The van der Waals surface area contributed by atoms with E-state index in [4.69, 9.17) is 0 Å². The minimum absolute atomic E-state index is 0.546. The molecule has 0 aliphatic carbocycles. The molecule has 1 aliphatic heterocycles. The van der Waals surface area contributed by atoms with Crippen molar-refractivity contribution in [1.82, 2.24) is 0 Å². The Balaban J connectivity index is 2.41. The molecule has 1 aliphatic rings. The third-order valence-electron chi connectivity index (χ3n) is 2.77. The number of nitrogens with one attached hydrogen (secondary N) is 1.